The van der Waals surface area contributed by atoms with Crippen LogP contribution >= 0.6 is 0 Å². The largest absolute Gasteiger partial charge is 0.409 e. The monoisotopic (exact) mass is 237 g/mol. The normalized spacial score (nSPS) is 20.5. The van der Waals surface area contributed by atoms with Gasteiger partial charge in [0.1, 0.15) is 5.69 Å². The molecule has 1 atom stereocenters. The molecule has 0 bridgehead atoms. The number of anilines is 1. The number of hydrogen-bond donors (Lipinski definition) is 2. The van der Waals surface area contributed by atoms with Crippen LogP contribution in [0.15, 0.2) is 17.4 Å². The van der Waals surface area contributed by atoms with Crippen molar-refractivity contribution in [3.8, 4) is 0 Å². The van der Waals surface area contributed by atoms with Crippen molar-refractivity contribution in [1.82, 2.24) is 9.97 Å². The second-order valence-electron chi connectivity index (χ2n) is 3.86. The van der Waals surface area contributed by atoms with E-state index in [0.29, 0.717) is 18.2 Å². The van der Waals surface area contributed by atoms with E-state index in [1.807, 2.05) is 11.9 Å². The smallest absolute Gasteiger partial charge is 0.226 e. The number of aromatic nitrogens is 2. The van der Waals surface area contributed by atoms with Gasteiger partial charge >= 0.3 is 0 Å². The highest BCUT2D eigenvalue weighted by atomic mass is 16.5. The topological polar surface area (TPSA) is 96.9 Å². The molecule has 0 aliphatic carbocycles. The van der Waals surface area contributed by atoms with Crippen LogP contribution in [0.2, 0.25) is 0 Å². The molecule has 0 radical (unpaired) electrons. The summed E-state index contributed by atoms with van der Waals surface area (Å²) in [5.74, 6) is 0.523. The molecule has 2 rings (SSSR count). The van der Waals surface area contributed by atoms with Gasteiger partial charge in [-0.15, -0.1) is 0 Å². The maximum absolute atomic E-state index is 8.60. The number of hydrogen-bond acceptors (Lipinski definition) is 6. The van der Waals surface area contributed by atoms with Gasteiger partial charge in [-0.2, -0.15) is 0 Å². The van der Waals surface area contributed by atoms with Crippen LogP contribution in [0.3, 0.4) is 0 Å². The molecule has 3 N–H and O–H groups in total. The number of rotatable bonds is 3. The minimum Gasteiger partial charge on any atom is -0.409 e. The van der Waals surface area contributed by atoms with Crippen molar-refractivity contribution in [2.75, 3.05) is 25.2 Å². The molecule has 1 aromatic heterocycles. The minimum atomic E-state index is -0.0234. The van der Waals surface area contributed by atoms with E-state index in [1.54, 1.807) is 12.3 Å². The van der Waals surface area contributed by atoms with Gasteiger partial charge in [0, 0.05) is 19.9 Å². The Morgan fingerprint density at radius 2 is 2.53 bits per heavy atom. The molecule has 92 valence electrons. The molecule has 0 amide bonds. The van der Waals surface area contributed by atoms with Crippen LogP contribution in [-0.2, 0) is 4.74 Å². The molecular formula is C10H15N5O2. The average Bonchev–Trinajstić information content (AvgIpc) is 2.91. The molecule has 0 spiro atoms. The van der Waals surface area contributed by atoms with Gasteiger partial charge in [-0.1, -0.05) is 5.16 Å². The Morgan fingerprint density at radius 3 is 3.18 bits per heavy atom. The third-order valence-electron chi connectivity index (χ3n) is 2.78. The van der Waals surface area contributed by atoms with E-state index in [2.05, 4.69) is 15.1 Å². The number of oxime groups is 1. The maximum atomic E-state index is 8.60. The van der Waals surface area contributed by atoms with Crippen LogP contribution in [0, 0.1) is 0 Å². The van der Waals surface area contributed by atoms with Gasteiger partial charge < -0.3 is 20.6 Å². The first-order valence-electron chi connectivity index (χ1n) is 5.34. The van der Waals surface area contributed by atoms with E-state index in [4.69, 9.17) is 15.7 Å². The lowest BCUT2D eigenvalue weighted by molar-refractivity contribution is 0.193. The molecule has 1 aliphatic rings. The molecule has 0 saturated carbocycles. The Morgan fingerprint density at radius 1 is 1.71 bits per heavy atom. The summed E-state index contributed by atoms with van der Waals surface area (Å²) in [6.07, 6.45) is 2.54. The van der Waals surface area contributed by atoms with Crippen LogP contribution in [0.4, 0.5) is 5.95 Å². The quantitative estimate of drug-likeness (QED) is 0.327. The standard InChI is InChI=1S/C10H15N5O2/c1-15(7-3-5-17-6-7)10-12-4-2-8(13-10)9(11)14-16/h2,4,7,16H,3,5-6H2,1H3,(H2,11,14). The average molecular weight is 237 g/mol. The van der Waals surface area contributed by atoms with E-state index >= 15 is 0 Å². The number of nitrogens with zero attached hydrogens (tertiary/aromatic N) is 4. The first-order valence-corrected chi connectivity index (χ1v) is 5.34. The number of likely N-dealkylation sites (N-methyl/N-ethyl adjacent to an activating group) is 1. The van der Waals surface area contributed by atoms with Gasteiger partial charge in [0.25, 0.3) is 0 Å². The molecule has 2 heterocycles. The van der Waals surface area contributed by atoms with E-state index in [9.17, 15) is 0 Å². The van der Waals surface area contributed by atoms with Crippen molar-refractivity contribution in [2.24, 2.45) is 10.9 Å². The fourth-order valence-electron chi connectivity index (χ4n) is 1.70. The second-order valence-corrected chi connectivity index (χ2v) is 3.86. The van der Waals surface area contributed by atoms with E-state index in [0.717, 1.165) is 13.0 Å². The molecule has 1 aromatic rings. The second kappa shape index (κ2) is 4.96. The summed E-state index contributed by atoms with van der Waals surface area (Å²) in [6, 6.07) is 1.87. The van der Waals surface area contributed by atoms with Gasteiger partial charge in [-0.3, -0.25) is 0 Å². The lowest BCUT2D eigenvalue weighted by atomic mass is 10.2. The van der Waals surface area contributed by atoms with Crippen LogP contribution in [0.5, 0.6) is 0 Å². The highest BCUT2D eigenvalue weighted by Crippen LogP contribution is 2.16. The predicted molar refractivity (Wildman–Crippen MR) is 62.2 cm³/mol. The highest BCUT2D eigenvalue weighted by Gasteiger charge is 2.22. The summed E-state index contributed by atoms with van der Waals surface area (Å²) >= 11 is 0. The highest BCUT2D eigenvalue weighted by molar-refractivity contribution is 5.95. The molecule has 1 aliphatic heterocycles. The molecule has 1 fully saturated rings. The van der Waals surface area contributed by atoms with Crippen molar-refractivity contribution < 1.29 is 9.94 Å². The Bertz CT molecular complexity index is 417. The van der Waals surface area contributed by atoms with Crippen LogP contribution < -0.4 is 10.6 Å². The van der Waals surface area contributed by atoms with Crippen LogP contribution in [-0.4, -0.2) is 47.3 Å². The van der Waals surface area contributed by atoms with Gasteiger partial charge in [-0.25, -0.2) is 9.97 Å². The van der Waals surface area contributed by atoms with Gasteiger partial charge in [0.05, 0.1) is 12.6 Å². The lowest BCUT2D eigenvalue weighted by Crippen LogP contribution is -2.33. The fraction of sp³-hybridized carbons (Fsp3) is 0.500. The molecular weight excluding hydrogens is 222 g/mol. The molecule has 17 heavy (non-hydrogen) atoms. The summed E-state index contributed by atoms with van der Waals surface area (Å²) in [5.41, 5.74) is 5.89. The predicted octanol–water partition coefficient (Wildman–Crippen LogP) is -0.204. The van der Waals surface area contributed by atoms with E-state index < -0.39 is 0 Å². The minimum absolute atomic E-state index is 0.0234. The zero-order valence-corrected chi connectivity index (χ0v) is 9.58. The zero-order valence-electron chi connectivity index (χ0n) is 9.58. The number of nitrogens with two attached hydrogens (primary N) is 1. The number of amidine groups is 1. The molecule has 1 unspecified atom stereocenters. The molecule has 7 heteroatoms. The fourth-order valence-corrected chi connectivity index (χ4v) is 1.70. The van der Waals surface area contributed by atoms with Gasteiger partial charge in [0.2, 0.25) is 5.95 Å². The maximum Gasteiger partial charge on any atom is 0.226 e. The van der Waals surface area contributed by atoms with Gasteiger partial charge in [-0.05, 0) is 12.5 Å². The summed E-state index contributed by atoms with van der Waals surface area (Å²) < 4.78 is 5.31. The number of ether oxygens (including phenoxy) is 1. The summed E-state index contributed by atoms with van der Waals surface area (Å²) in [5, 5.41) is 11.5. The summed E-state index contributed by atoms with van der Waals surface area (Å²) in [7, 11) is 1.91. The summed E-state index contributed by atoms with van der Waals surface area (Å²) in [4.78, 5) is 10.3. The Balaban J connectivity index is 2.20. The van der Waals surface area contributed by atoms with Crippen molar-refractivity contribution in [3.63, 3.8) is 0 Å². The zero-order chi connectivity index (χ0) is 12.3. The molecule has 0 aromatic carbocycles. The molecule has 1 saturated heterocycles. The van der Waals surface area contributed by atoms with Crippen molar-refractivity contribution in [2.45, 2.75) is 12.5 Å². The lowest BCUT2D eigenvalue weighted by Gasteiger charge is -2.23. The Hall–Kier alpha value is -1.89. The van der Waals surface area contributed by atoms with Crippen LogP contribution in [0.25, 0.3) is 0 Å². The Labute approximate surface area is 98.9 Å². The van der Waals surface area contributed by atoms with Crippen molar-refractivity contribution in [3.05, 3.63) is 18.0 Å². The SMILES string of the molecule is CN(c1nccc(/C(N)=N/O)n1)C1CCOC1. The van der Waals surface area contributed by atoms with E-state index in [-0.39, 0.29) is 11.9 Å². The van der Waals surface area contributed by atoms with Crippen molar-refractivity contribution >= 4 is 11.8 Å². The first-order chi connectivity index (χ1) is 8.22. The third kappa shape index (κ3) is 2.44. The van der Waals surface area contributed by atoms with Gasteiger partial charge in [0.15, 0.2) is 5.84 Å². The van der Waals surface area contributed by atoms with Crippen LogP contribution in [0.1, 0.15) is 12.1 Å². The van der Waals surface area contributed by atoms with Crippen molar-refractivity contribution in [1.29, 1.82) is 0 Å². The summed E-state index contributed by atoms with van der Waals surface area (Å²) in [6.45, 7) is 1.43. The van der Waals surface area contributed by atoms with E-state index in [1.165, 1.54) is 0 Å². The first kappa shape index (κ1) is 11.6. The molecule has 7 nitrogen and oxygen atoms in total. The third-order valence-corrected chi connectivity index (χ3v) is 2.78. The Kier molecular flexibility index (Phi) is 3.38.